The highest BCUT2D eigenvalue weighted by Gasteiger charge is 2.57. The minimum atomic E-state index is -4.50. The molecule has 6 N–H and O–H groups in total. The quantitative estimate of drug-likeness (QED) is 0.220. The monoisotopic (exact) mass is 581 g/mol. The molecule has 2 aromatic heterocycles. The van der Waals surface area contributed by atoms with Crippen molar-refractivity contribution in [1.82, 2.24) is 19.7 Å². The van der Waals surface area contributed by atoms with Crippen LogP contribution in [0.1, 0.15) is 45.1 Å². The van der Waals surface area contributed by atoms with Crippen LogP contribution in [0.3, 0.4) is 0 Å². The molecule has 0 bridgehead atoms. The van der Waals surface area contributed by atoms with Crippen LogP contribution in [0, 0.1) is 0 Å². The first-order valence-electron chi connectivity index (χ1n) is 12.4. The topological polar surface area (TPSA) is 191 Å². The number of benzene rings is 1. The number of nitrogens with one attached hydrogen (secondary N) is 1. The van der Waals surface area contributed by atoms with Crippen LogP contribution in [0.15, 0.2) is 42.7 Å². The number of alkyl halides is 1. The van der Waals surface area contributed by atoms with Gasteiger partial charge in [0.2, 0.25) is 0 Å². The van der Waals surface area contributed by atoms with E-state index in [9.17, 15) is 29.1 Å². The molecule has 40 heavy (non-hydrogen) atoms. The number of aliphatic hydroxyl groups excluding tert-OH is 2. The number of rotatable bonds is 10. The number of carbonyl (C=O) groups is 1. The van der Waals surface area contributed by atoms with Crippen molar-refractivity contribution in [2.45, 2.75) is 63.1 Å². The number of nitrogens with zero attached hydrogens (tertiary/aromatic N) is 3. The molecule has 15 heteroatoms. The van der Waals surface area contributed by atoms with Gasteiger partial charge < -0.3 is 30.3 Å². The van der Waals surface area contributed by atoms with Gasteiger partial charge in [0.25, 0.3) is 0 Å². The molecule has 3 heterocycles. The van der Waals surface area contributed by atoms with E-state index < -0.39 is 57.0 Å². The molecular weight excluding hydrogens is 548 g/mol. The van der Waals surface area contributed by atoms with Gasteiger partial charge in [0.15, 0.2) is 5.82 Å². The van der Waals surface area contributed by atoms with Gasteiger partial charge in [-0.2, -0.15) is 10.2 Å². The van der Waals surface area contributed by atoms with Crippen molar-refractivity contribution >= 4 is 25.1 Å². The van der Waals surface area contributed by atoms with E-state index in [4.69, 9.17) is 19.5 Å². The Bertz CT molecular complexity index is 1410. The molecule has 0 amide bonds. The number of aromatic nitrogens is 3. The zero-order valence-electron chi connectivity index (χ0n) is 22.4. The second-order valence-electron chi connectivity index (χ2n) is 10.7. The number of carboxylic acid groups (broad SMARTS) is 1. The largest absolute Gasteiger partial charge is 0.480 e. The molecule has 1 aliphatic heterocycles. The Morgan fingerprint density at radius 1 is 1.27 bits per heavy atom. The number of anilines is 1. The van der Waals surface area contributed by atoms with E-state index in [-0.39, 0.29) is 22.7 Å². The average Bonchev–Trinajstić information content (AvgIpc) is 3.43. The Hall–Kier alpha value is -3.13. The lowest BCUT2D eigenvalue weighted by Crippen LogP contribution is -2.49. The van der Waals surface area contributed by atoms with Crippen molar-refractivity contribution in [2.24, 2.45) is 0 Å². The van der Waals surface area contributed by atoms with Crippen LogP contribution in [-0.2, 0) is 24.0 Å². The molecule has 1 fully saturated rings. The van der Waals surface area contributed by atoms with Gasteiger partial charge in [-0.3, -0.25) is 9.32 Å². The van der Waals surface area contributed by atoms with Crippen molar-refractivity contribution in [3.63, 3.8) is 0 Å². The van der Waals surface area contributed by atoms with Gasteiger partial charge in [-0.15, -0.1) is 0 Å². The summed E-state index contributed by atoms with van der Waals surface area (Å²) in [4.78, 5) is 15.4. The normalized spacial score (nSPS) is 25.5. The van der Waals surface area contributed by atoms with Crippen LogP contribution < -0.4 is 15.3 Å². The van der Waals surface area contributed by atoms with Crippen molar-refractivity contribution in [1.29, 1.82) is 0 Å². The Labute approximate surface area is 229 Å². The summed E-state index contributed by atoms with van der Waals surface area (Å²) in [7, 11) is -4.50. The molecule has 0 aliphatic carbocycles. The predicted molar refractivity (Wildman–Crippen MR) is 142 cm³/mol. The molecule has 13 nitrogen and oxygen atoms in total. The summed E-state index contributed by atoms with van der Waals surface area (Å²) in [6.45, 7) is 5.04. The smallest absolute Gasteiger partial charge is 0.459 e. The van der Waals surface area contributed by atoms with Gasteiger partial charge in [-0.25, -0.2) is 18.5 Å². The van der Waals surface area contributed by atoms with Gasteiger partial charge in [0, 0.05) is 0 Å². The van der Waals surface area contributed by atoms with E-state index in [0.29, 0.717) is 5.52 Å². The number of fused-ring (bicyclic) bond motifs is 1. The molecule has 0 radical (unpaired) electrons. The second-order valence-corrected chi connectivity index (χ2v) is 12.4. The number of nitrogen functional groups attached to an aromatic ring is 1. The maximum atomic E-state index is 14.5. The molecule has 3 aromatic rings. The highest BCUT2D eigenvalue weighted by atomic mass is 31.2. The zero-order valence-corrected chi connectivity index (χ0v) is 23.3. The third-order valence-corrected chi connectivity index (χ3v) is 8.33. The molecule has 1 aromatic carbocycles. The van der Waals surface area contributed by atoms with Crippen LogP contribution >= 0.6 is 7.75 Å². The fraction of sp³-hybridized carbons (Fsp3) is 0.480. The summed E-state index contributed by atoms with van der Waals surface area (Å²) in [5, 5.41) is 37.4. The highest BCUT2D eigenvalue weighted by molar-refractivity contribution is 7.52. The Morgan fingerprint density at radius 2 is 1.95 bits per heavy atom. The molecule has 1 unspecified atom stereocenters. The molecule has 0 spiro atoms. The number of ether oxygens (including phenoxy) is 1. The van der Waals surface area contributed by atoms with E-state index >= 15 is 0 Å². The second kappa shape index (κ2) is 11.0. The van der Waals surface area contributed by atoms with Crippen LogP contribution in [0.2, 0.25) is 0 Å². The van der Waals surface area contributed by atoms with Crippen molar-refractivity contribution in [3.05, 3.63) is 54.0 Å². The van der Waals surface area contributed by atoms with Crippen molar-refractivity contribution in [3.8, 4) is 5.75 Å². The van der Waals surface area contributed by atoms with Gasteiger partial charge >= 0.3 is 13.7 Å². The molecular formula is C25H33FN5O8P. The third-order valence-electron chi connectivity index (χ3n) is 6.71. The first-order valence-corrected chi connectivity index (χ1v) is 14.0. The van der Waals surface area contributed by atoms with E-state index in [1.807, 2.05) is 20.8 Å². The molecule has 0 saturated carbocycles. The van der Waals surface area contributed by atoms with E-state index in [0.717, 1.165) is 5.56 Å². The molecule has 1 aliphatic rings. The number of hydrogen-bond acceptors (Lipinski definition) is 10. The molecule has 6 atom stereocenters. The lowest BCUT2D eigenvalue weighted by Gasteiger charge is -2.31. The average molecular weight is 582 g/mol. The minimum absolute atomic E-state index is 0.0958. The number of aliphatic carboxylic acids is 1. The summed E-state index contributed by atoms with van der Waals surface area (Å²) in [6, 6.07) is 8.32. The molecule has 1 saturated heterocycles. The number of aliphatic hydroxyl groups is 2. The summed E-state index contributed by atoms with van der Waals surface area (Å²) in [6.07, 6.45) is -3.55. The van der Waals surface area contributed by atoms with Crippen LogP contribution in [-0.4, -0.2) is 73.0 Å². The van der Waals surface area contributed by atoms with Crippen molar-refractivity contribution in [2.75, 3.05) is 19.0 Å². The Morgan fingerprint density at radius 3 is 2.55 bits per heavy atom. The maximum Gasteiger partial charge on any atom is 0.459 e. The number of nitrogens with two attached hydrogens (primary N) is 1. The molecule has 4 rings (SSSR count). The SMILES string of the molecule is C[C@H](NP(=O)(OC[C@@]1(CF)O[C@@H](c2ccc3c(N)ncnn23)[C@H](O)[C@@H]1O)Oc1ccc(C(C)(C)C)cc1)C(=O)O. The Kier molecular flexibility index (Phi) is 8.23. The third kappa shape index (κ3) is 5.82. The van der Waals surface area contributed by atoms with Gasteiger partial charge in [0.1, 0.15) is 54.2 Å². The summed E-state index contributed by atoms with van der Waals surface area (Å²) >= 11 is 0. The lowest BCUT2D eigenvalue weighted by molar-refractivity contribution is -0.138. The fourth-order valence-corrected chi connectivity index (χ4v) is 5.85. The summed E-state index contributed by atoms with van der Waals surface area (Å²) in [5.74, 6) is -1.09. The summed E-state index contributed by atoms with van der Waals surface area (Å²) in [5.41, 5.74) is 5.13. The van der Waals surface area contributed by atoms with Gasteiger partial charge in [-0.05, 0) is 42.2 Å². The standard InChI is InChI=1S/C25H33FN5O8P/c1-14(23(34)35)30-40(36,39-16-7-5-15(6-8-16)24(2,3)4)37-12-25(11-26)21(33)19(32)20(38-25)17-9-10-18-22(27)28-13-29-31(17)18/h5-10,13-14,19-21,32-33H,11-12H2,1-4H3,(H,30,36)(H,34,35)(H2,27,28,29)/t14-,19-,20-,21-,25+,40?/m0/s1. The highest BCUT2D eigenvalue weighted by Crippen LogP contribution is 2.49. The number of hydrogen-bond donors (Lipinski definition) is 5. The van der Waals surface area contributed by atoms with Crippen LogP contribution in [0.25, 0.3) is 5.52 Å². The fourth-order valence-electron chi connectivity index (χ4n) is 4.29. The van der Waals surface area contributed by atoms with Crippen molar-refractivity contribution < 1.29 is 42.9 Å². The van der Waals surface area contributed by atoms with E-state index in [2.05, 4.69) is 15.2 Å². The predicted octanol–water partition coefficient (Wildman–Crippen LogP) is 2.38. The van der Waals surface area contributed by atoms with E-state index in [1.165, 1.54) is 23.8 Å². The van der Waals surface area contributed by atoms with E-state index in [1.54, 1.807) is 30.3 Å². The zero-order chi connectivity index (χ0) is 29.5. The van der Waals surface area contributed by atoms with Gasteiger partial charge in [0.05, 0.1) is 12.3 Å². The first kappa shape index (κ1) is 29.8. The minimum Gasteiger partial charge on any atom is -0.480 e. The van der Waals surface area contributed by atoms with Crippen LogP contribution in [0.5, 0.6) is 5.75 Å². The maximum absolute atomic E-state index is 14.5. The number of halogens is 1. The summed E-state index contributed by atoms with van der Waals surface area (Å²) < 4.78 is 46.5. The first-order chi connectivity index (χ1) is 18.7. The van der Waals surface area contributed by atoms with Crippen LogP contribution in [0.4, 0.5) is 10.2 Å². The lowest BCUT2D eigenvalue weighted by atomic mass is 9.87. The molecule has 218 valence electrons. The van der Waals surface area contributed by atoms with Gasteiger partial charge in [-0.1, -0.05) is 32.9 Å². The Balaban J connectivity index is 1.59. The number of carboxylic acids is 1.